The van der Waals surface area contributed by atoms with Gasteiger partial charge >= 0.3 is 0 Å². The SMILES string of the molecule is O=C(c1ccc2c(c1)CCC2)c1ccc2cccnc2c1. The lowest BCUT2D eigenvalue weighted by Gasteiger charge is -2.05. The van der Waals surface area contributed by atoms with Crippen LogP contribution in [0.25, 0.3) is 10.9 Å². The normalized spacial score (nSPS) is 13.3. The first-order valence-electron chi connectivity index (χ1n) is 7.32. The standard InChI is InChI=1S/C19H15NO/c21-19(16-8-6-13-3-1-4-15(13)11-16)17-9-7-14-5-2-10-20-18(14)12-17/h2,5-12H,1,3-4H2. The van der Waals surface area contributed by atoms with Crippen LogP contribution in [-0.2, 0) is 12.8 Å². The van der Waals surface area contributed by atoms with Gasteiger partial charge in [0.05, 0.1) is 5.52 Å². The van der Waals surface area contributed by atoms with Crippen LogP contribution in [0.15, 0.2) is 54.7 Å². The van der Waals surface area contributed by atoms with Gasteiger partial charge in [-0.05, 0) is 48.6 Å². The molecule has 2 heteroatoms. The monoisotopic (exact) mass is 273 g/mol. The molecule has 1 aliphatic carbocycles. The van der Waals surface area contributed by atoms with Gasteiger partial charge in [-0.2, -0.15) is 0 Å². The Hall–Kier alpha value is -2.48. The molecule has 0 N–H and O–H groups in total. The number of aromatic nitrogens is 1. The zero-order valence-electron chi connectivity index (χ0n) is 11.7. The van der Waals surface area contributed by atoms with E-state index >= 15 is 0 Å². The minimum absolute atomic E-state index is 0.0808. The molecule has 2 nitrogen and oxygen atoms in total. The van der Waals surface area contributed by atoms with E-state index in [0.29, 0.717) is 5.56 Å². The second kappa shape index (κ2) is 4.81. The van der Waals surface area contributed by atoms with Crippen molar-refractivity contribution in [2.45, 2.75) is 19.3 Å². The van der Waals surface area contributed by atoms with Crippen molar-refractivity contribution in [3.8, 4) is 0 Å². The minimum atomic E-state index is 0.0808. The summed E-state index contributed by atoms with van der Waals surface area (Å²) >= 11 is 0. The molecule has 0 saturated carbocycles. The molecule has 1 aromatic heterocycles. The van der Waals surface area contributed by atoms with E-state index in [1.54, 1.807) is 6.20 Å². The molecule has 0 radical (unpaired) electrons. The van der Waals surface area contributed by atoms with Crippen molar-refractivity contribution in [3.05, 3.63) is 77.0 Å². The highest BCUT2D eigenvalue weighted by molar-refractivity contribution is 6.10. The molecular formula is C19H15NO. The van der Waals surface area contributed by atoms with Crippen molar-refractivity contribution in [3.63, 3.8) is 0 Å². The topological polar surface area (TPSA) is 30.0 Å². The fraction of sp³-hybridized carbons (Fsp3) is 0.158. The van der Waals surface area contributed by atoms with E-state index in [1.807, 2.05) is 36.4 Å². The molecule has 0 fully saturated rings. The molecular weight excluding hydrogens is 258 g/mol. The summed E-state index contributed by atoms with van der Waals surface area (Å²) < 4.78 is 0. The maximum atomic E-state index is 12.7. The third kappa shape index (κ3) is 2.13. The van der Waals surface area contributed by atoms with Gasteiger partial charge in [0, 0.05) is 22.7 Å². The van der Waals surface area contributed by atoms with Gasteiger partial charge in [0.2, 0.25) is 0 Å². The molecule has 0 spiro atoms. The molecule has 21 heavy (non-hydrogen) atoms. The van der Waals surface area contributed by atoms with Crippen LogP contribution < -0.4 is 0 Å². The summed E-state index contributed by atoms with van der Waals surface area (Å²) in [5.41, 5.74) is 5.08. The molecule has 0 bridgehead atoms. The number of benzene rings is 2. The van der Waals surface area contributed by atoms with Gasteiger partial charge in [-0.15, -0.1) is 0 Å². The Balaban J connectivity index is 1.75. The maximum Gasteiger partial charge on any atom is 0.193 e. The molecule has 102 valence electrons. The third-order valence-corrected chi connectivity index (χ3v) is 4.23. The first-order chi connectivity index (χ1) is 10.3. The number of rotatable bonds is 2. The molecule has 0 amide bonds. The molecule has 1 aliphatic rings. The van der Waals surface area contributed by atoms with Crippen LogP contribution in [0.5, 0.6) is 0 Å². The van der Waals surface area contributed by atoms with E-state index < -0.39 is 0 Å². The van der Waals surface area contributed by atoms with Crippen molar-refractivity contribution in [2.75, 3.05) is 0 Å². The Morgan fingerprint density at radius 2 is 1.71 bits per heavy atom. The average molecular weight is 273 g/mol. The van der Waals surface area contributed by atoms with Gasteiger partial charge in [0.15, 0.2) is 5.78 Å². The van der Waals surface area contributed by atoms with Crippen LogP contribution in [0.3, 0.4) is 0 Å². The third-order valence-electron chi connectivity index (χ3n) is 4.23. The van der Waals surface area contributed by atoms with Crippen molar-refractivity contribution in [1.29, 1.82) is 0 Å². The van der Waals surface area contributed by atoms with E-state index in [9.17, 15) is 4.79 Å². The van der Waals surface area contributed by atoms with Gasteiger partial charge in [0.1, 0.15) is 0 Å². The molecule has 0 atom stereocenters. The van der Waals surface area contributed by atoms with Crippen LogP contribution in [0, 0.1) is 0 Å². The highest BCUT2D eigenvalue weighted by Gasteiger charge is 2.15. The molecule has 1 heterocycles. The molecule has 0 aliphatic heterocycles. The predicted molar refractivity (Wildman–Crippen MR) is 83.6 cm³/mol. The van der Waals surface area contributed by atoms with Crippen LogP contribution in [-0.4, -0.2) is 10.8 Å². The first-order valence-corrected chi connectivity index (χ1v) is 7.32. The fourth-order valence-electron chi connectivity index (χ4n) is 3.09. The highest BCUT2D eigenvalue weighted by atomic mass is 16.1. The zero-order chi connectivity index (χ0) is 14.2. The Morgan fingerprint density at radius 1 is 0.905 bits per heavy atom. The number of hydrogen-bond donors (Lipinski definition) is 0. The van der Waals surface area contributed by atoms with Gasteiger partial charge in [0.25, 0.3) is 0 Å². The lowest BCUT2D eigenvalue weighted by Crippen LogP contribution is -2.02. The Kier molecular flexibility index (Phi) is 2.81. The Morgan fingerprint density at radius 3 is 2.67 bits per heavy atom. The average Bonchev–Trinajstić information content (AvgIpc) is 3.01. The summed E-state index contributed by atoms with van der Waals surface area (Å²) in [5, 5.41) is 1.06. The van der Waals surface area contributed by atoms with Crippen LogP contribution in [0.1, 0.15) is 33.5 Å². The first kappa shape index (κ1) is 12.3. The lowest BCUT2D eigenvalue weighted by molar-refractivity contribution is 0.103. The number of nitrogens with zero attached hydrogens (tertiary/aromatic N) is 1. The zero-order valence-corrected chi connectivity index (χ0v) is 11.7. The summed E-state index contributed by atoms with van der Waals surface area (Å²) in [5.74, 6) is 0.0808. The second-order valence-corrected chi connectivity index (χ2v) is 5.58. The minimum Gasteiger partial charge on any atom is -0.289 e. The van der Waals surface area contributed by atoms with Gasteiger partial charge in [-0.3, -0.25) is 9.78 Å². The largest absolute Gasteiger partial charge is 0.289 e. The summed E-state index contributed by atoms with van der Waals surface area (Å²) in [6.45, 7) is 0. The lowest BCUT2D eigenvalue weighted by atomic mass is 9.98. The van der Waals surface area contributed by atoms with Gasteiger partial charge in [-0.25, -0.2) is 0 Å². The molecule has 4 rings (SSSR count). The molecule has 0 unspecified atom stereocenters. The van der Waals surface area contributed by atoms with Crippen molar-refractivity contribution in [1.82, 2.24) is 4.98 Å². The van der Waals surface area contributed by atoms with Crippen LogP contribution >= 0.6 is 0 Å². The summed E-state index contributed by atoms with van der Waals surface area (Å²) in [7, 11) is 0. The maximum absolute atomic E-state index is 12.7. The molecule has 2 aromatic carbocycles. The quantitative estimate of drug-likeness (QED) is 0.662. The van der Waals surface area contributed by atoms with Crippen molar-refractivity contribution in [2.24, 2.45) is 0 Å². The number of carbonyl (C=O) groups is 1. The number of fused-ring (bicyclic) bond motifs is 2. The highest BCUT2D eigenvalue weighted by Crippen LogP contribution is 2.24. The number of pyridine rings is 1. The predicted octanol–water partition coefficient (Wildman–Crippen LogP) is 3.95. The fourth-order valence-corrected chi connectivity index (χ4v) is 3.09. The van der Waals surface area contributed by atoms with E-state index in [1.165, 1.54) is 17.5 Å². The smallest absolute Gasteiger partial charge is 0.193 e. The summed E-state index contributed by atoms with van der Waals surface area (Å²) in [6, 6.07) is 15.8. The number of carbonyl (C=O) groups excluding carboxylic acids is 1. The molecule has 0 saturated heterocycles. The van der Waals surface area contributed by atoms with Crippen molar-refractivity contribution < 1.29 is 4.79 Å². The Bertz CT molecular complexity index is 851. The number of hydrogen-bond acceptors (Lipinski definition) is 2. The molecule has 3 aromatic rings. The van der Waals surface area contributed by atoms with E-state index in [-0.39, 0.29) is 5.78 Å². The Labute approximate surface area is 123 Å². The van der Waals surface area contributed by atoms with Crippen LogP contribution in [0.4, 0.5) is 0 Å². The number of ketones is 1. The summed E-state index contributed by atoms with van der Waals surface area (Å²) in [6.07, 6.45) is 5.19. The van der Waals surface area contributed by atoms with Crippen molar-refractivity contribution >= 4 is 16.7 Å². The summed E-state index contributed by atoms with van der Waals surface area (Å²) in [4.78, 5) is 17.0. The van der Waals surface area contributed by atoms with E-state index in [4.69, 9.17) is 0 Å². The number of aryl methyl sites for hydroxylation is 2. The van der Waals surface area contributed by atoms with E-state index in [0.717, 1.165) is 29.3 Å². The van der Waals surface area contributed by atoms with Crippen LogP contribution in [0.2, 0.25) is 0 Å². The van der Waals surface area contributed by atoms with Gasteiger partial charge < -0.3 is 0 Å². The van der Waals surface area contributed by atoms with E-state index in [2.05, 4.69) is 17.1 Å². The second-order valence-electron chi connectivity index (χ2n) is 5.58. The van der Waals surface area contributed by atoms with Gasteiger partial charge in [-0.1, -0.05) is 30.3 Å².